The van der Waals surface area contributed by atoms with Crippen molar-refractivity contribution in [3.05, 3.63) is 58.6 Å². The maximum absolute atomic E-state index is 12.9. The van der Waals surface area contributed by atoms with Crippen molar-refractivity contribution in [2.45, 2.75) is 24.2 Å². The summed E-state index contributed by atoms with van der Waals surface area (Å²) in [6, 6.07) is 13.3. The summed E-state index contributed by atoms with van der Waals surface area (Å²) in [5, 5.41) is 2.83. The second kappa shape index (κ2) is 9.06. The lowest BCUT2D eigenvalue weighted by Crippen LogP contribution is -2.43. The number of primary amides is 1. The molecule has 0 unspecified atom stereocenters. The van der Waals surface area contributed by atoms with Crippen molar-refractivity contribution in [2.24, 2.45) is 11.7 Å². The van der Waals surface area contributed by atoms with E-state index >= 15 is 0 Å². The highest BCUT2D eigenvalue weighted by Gasteiger charge is 2.33. The van der Waals surface area contributed by atoms with Crippen molar-refractivity contribution in [1.82, 2.24) is 4.31 Å². The zero-order valence-electron chi connectivity index (χ0n) is 15.7. The van der Waals surface area contributed by atoms with Gasteiger partial charge in [-0.15, -0.1) is 0 Å². The fourth-order valence-electron chi connectivity index (χ4n) is 3.28. The highest BCUT2D eigenvalue weighted by molar-refractivity contribution is 9.10. The molecule has 1 atom stereocenters. The number of piperidine rings is 1. The average molecular weight is 480 g/mol. The van der Waals surface area contributed by atoms with E-state index in [1.165, 1.54) is 4.31 Å². The maximum Gasteiger partial charge on any atom is 0.243 e. The van der Waals surface area contributed by atoms with Gasteiger partial charge in [0, 0.05) is 23.2 Å². The van der Waals surface area contributed by atoms with E-state index in [-0.39, 0.29) is 23.8 Å². The normalized spacial score (nSPS) is 17.6. The van der Waals surface area contributed by atoms with Crippen LogP contribution in [-0.2, 0) is 26.0 Å². The van der Waals surface area contributed by atoms with Crippen LogP contribution < -0.4 is 11.1 Å². The number of hydrogen-bond donors (Lipinski definition) is 2. The molecule has 0 aromatic heterocycles. The minimum absolute atomic E-state index is 0.139. The molecule has 0 saturated carbocycles. The molecule has 2 aromatic rings. The topological polar surface area (TPSA) is 110 Å². The van der Waals surface area contributed by atoms with Crippen molar-refractivity contribution in [1.29, 1.82) is 0 Å². The zero-order chi connectivity index (χ0) is 21.0. The summed E-state index contributed by atoms with van der Waals surface area (Å²) in [7, 11) is -3.65. The SMILES string of the molecule is NC(=O)Cc1ccc(NC(=O)[C@H]2CCCN(S(=O)(=O)c3ccc(Br)cc3)C2)cc1. The molecule has 1 saturated heterocycles. The van der Waals surface area contributed by atoms with Crippen LogP contribution in [0.1, 0.15) is 18.4 Å². The largest absolute Gasteiger partial charge is 0.369 e. The first-order valence-electron chi connectivity index (χ1n) is 9.19. The number of halogens is 1. The molecule has 3 rings (SSSR count). The van der Waals surface area contributed by atoms with Crippen LogP contribution in [-0.4, -0.2) is 37.6 Å². The Morgan fingerprint density at radius 1 is 1.10 bits per heavy atom. The smallest absolute Gasteiger partial charge is 0.243 e. The lowest BCUT2D eigenvalue weighted by Gasteiger charge is -2.31. The molecule has 0 bridgehead atoms. The van der Waals surface area contributed by atoms with Gasteiger partial charge in [-0.3, -0.25) is 9.59 Å². The van der Waals surface area contributed by atoms with Gasteiger partial charge in [-0.1, -0.05) is 28.1 Å². The lowest BCUT2D eigenvalue weighted by atomic mass is 9.98. The Morgan fingerprint density at radius 3 is 2.38 bits per heavy atom. The molecule has 1 fully saturated rings. The van der Waals surface area contributed by atoms with Gasteiger partial charge in [-0.25, -0.2) is 8.42 Å². The maximum atomic E-state index is 12.9. The van der Waals surface area contributed by atoms with E-state index in [0.29, 0.717) is 25.1 Å². The Labute approximate surface area is 178 Å². The number of rotatable bonds is 6. The molecule has 3 N–H and O–H groups in total. The summed E-state index contributed by atoms with van der Waals surface area (Å²) >= 11 is 3.30. The second-order valence-corrected chi connectivity index (χ2v) is 9.84. The summed E-state index contributed by atoms with van der Waals surface area (Å²) in [5.41, 5.74) is 6.53. The minimum Gasteiger partial charge on any atom is -0.369 e. The molecule has 2 amide bonds. The van der Waals surface area contributed by atoms with Gasteiger partial charge in [0.2, 0.25) is 21.8 Å². The fourth-order valence-corrected chi connectivity index (χ4v) is 5.07. The van der Waals surface area contributed by atoms with Crippen molar-refractivity contribution in [2.75, 3.05) is 18.4 Å². The Kier molecular flexibility index (Phi) is 6.71. The van der Waals surface area contributed by atoms with Crippen LogP contribution >= 0.6 is 15.9 Å². The van der Waals surface area contributed by atoms with Crippen LogP contribution in [0, 0.1) is 5.92 Å². The molecule has 1 heterocycles. The van der Waals surface area contributed by atoms with Crippen LogP contribution in [0.15, 0.2) is 57.9 Å². The number of nitrogens with one attached hydrogen (secondary N) is 1. The van der Waals surface area contributed by atoms with Crippen molar-refractivity contribution < 1.29 is 18.0 Å². The molecular weight excluding hydrogens is 458 g/mol. The number of carbonyl (C=O) groups is 2. The summed E-state index contributed by atoms with van der Waals surface area (Å²) < 4.78 is 28.0. The predicted molar refractivity (Wildman–Crippen MR) is 114 cm³/mol. The standard InChI is InChI=1S/C20H22BrN3O4S/c21-16-5-9-18(10-6-16)29(27,28)24-11-1-2-15(13-24)20(26)23-17-7-3-14(4-8-17)12-19(22)25/h3-10,15H,1-2,11-13H2,(H2,22,25)(H,23,26)/t15-/m0/s1. The minimum atomic E-state index is -3.65. The summed E-state index contributed by atoms with van der Waals surface area (Å²) in [6.07, 6.45) is 1.38. The highest BCUT2D eigenvalue weighted by atomic mass is 79.9. The number of hydrogen-bond acceptors (Lipinski definition) is 4. The number of benzene rings is 2. The van der Waals surface area contributed by atoms with Crippen LogP contribution in [0.25, 0.3) is 0 Å². The van der Waals surface area contributed by atoms with E-state index in [4.69, 9.17) is 5.73 Å². The summed E-state index contributed by atoms with van der Waals surface area (Å²) in [4.78, 5) is 23.9. The van der Waals surface area contributed by atoms with Crippen LogP contribution in [0.4, 0.5) is 5.69 Å². The third-order valence-electron chi connectivity index (χ3n) is 4.81. The predicted octanol–water partition coefficient (Wildman–Crippen LogP) is 2.52. The van der Waals surface area contributed by atoms with Gasteiger partial charge in [-0.2, -0.15) is 4.31 Å². The number of nitrogens with zero attached hydrogens (tertiary/aromatic N) is 1. The lowest BCUT2D eigenvalue weighted by molar-refractivity contribution is -0.121. The third kappa shape index (κ3) is 5.43. The van der Waals surface area contributed by atoms with Gasteiger partial charge in [0.25, 0.3) is 0 Å². The van der Waals surface area contributed by atoms with Gasteiger partial charge in [0.05, 0.1) is 17.2 Å². The molecule has 0 aliphatic carbocycles. The Morgan fingerprint density at radius 2 is 1.76 bits per heavy atom. The molecule has 0 radical (unpaired) electrons. The van der Waals surface area contributed by atoms with Gasteiger partial charge in [0.15, 0.2) is 0 Å². The monoisotopic (exact) mass is 479 g/mol. The Hall–Kier alpha value is -2.23. The van der Waals surface area contributed by atoms with Gasteiger partial charge < -0.3 is 11.1 Å². The number of nitrogens with two attached hydrogens (primary N) is 1. The van der Waals surface area contributed by atoms with E-state index in [1.54, 1.807) is 48.5 Å². The van der Waals surface area contributed by atoms with Gasteiger partial charge >= 0.3 is 0 Å². The van der Waals surface area contributed by atoms with Crippen LogP contribution in [0.5, 0.6) is 0 Å². The molecule has 0 spiro atoms. The van der Waals surface area contributed by atoms with Gasteiger partial charge in [0.1, 0.15) is 0 Å². The van der Waals surface area contributed by atoms with Crippen molar-refractivity contribution in [3.8, 4) is 0 Å². The van der Waals surface area contributed by atoms with Gasteiger partial charge in [-0.05, 0) is 54.8 Å². The molecule has 2 aromatic carbocycles. The number of anilines is 1. The van der Waals surface area contributed by atoms with Crippen LogP contribution in [0.3, 0.4) is 0 Å². The first-order valence-corrected chi connectivity index (χ1v) is 11.4. The Balaban J connectivity index is 1.66. The zero-order valence-corrected chi connectivity index (χ0v) is 18.1. The van der Waals surface area contributed by atoms with Crippen molar-refractivity contribution >= 4 is 43.5 Å². The molecule has 1 aliphatic heterocycles. The number of carbonyl (C=O) groups excluding carboxylic acids is 2. The number of amides is 2. The first kappa shape index (κ1) is 21.5. The van der Waals surface area contributed by atoms with E-state index in [0.717, 1.165) is 10.0 Å². The second-order valence-electron chi connectivity index (χ2n) is 6.99. The van der Waals surface area contributed by atoms with E-state index in [1.807, 2.05) is 0 Å². The quantitative estimate of drug-likeness (QED) is 0.662. The molecule has 29 heavy (non-hydrogen) atoms. The third-order valence-corrected chi connectivity index (χ3v) is 7.21. The first-order chi connectivity index (χ1) is 13.8. The van der Waals surface area contributed by atoms with Crippen molar-refractivity contribution in [3.63, 3.8) is 0 Å². The van der Waals surface area contributed by atoms with E-state index < -0.39 is 21.8 Å². The molecule has 154 valence electrons. The Bertz CT molecular complexity index is 991. The molecular formula is C20H22BrN3O4S. The van der Waals surface area contributed by atoms with E-state index in [2.05, 4.69) is 21.2 Å². The molecule has 7 nitrogen and oxygen atoms in total. The van der Waals surface area contributed by atoms with Crippen LogP contribution in [0.2, 0.25) is 0 Å². The molecule has 9 heteroatoms. The van der Waals surface area contributed by atoms with E-state index in [9.17, 15) is 18.0 Å². The number of sulfonamides is 1. The highest BCUT2D eigenvalue weighted by Crippen LogP contribution is 2.25. The summed E-state index contributed by atoms with van der Waals surface area (Å²) in [6.45, 7) is 0.536. The average Bonchev–Trinajstić information content (AvgIpc) is 2.69. The fraction of sp³-hybridized carbons (Fsp3) is 0.300. The molecule has 1 aliphatic rings. The summed E-state index contributed by atoms with van der Waals surface area (Å²) in [5.74, 6) is -1.07.